The number of rotatable bonds is 4. The van der Waals surface area contributed by atoms with E-state index in [4.69, 9.17) is 11.6 Å². The highest BCUT2D eigenvalue weighted by Crippen LogP contribution is 2.24. The van der Waals surface area contributed by atoms with E-state index in [-0.39, 0.29) is 10.9 Å². The summed E-state index contributed by atoms with van der Waals surface area (Å²) in [5, 5.41) is 3.34. The maximum atomic E-state index is 13.0. The van der Waals surface area contributed by atoms with Gasteiger partial charge in [0.15, 0.2) is 0 Å². The van der Waals surface area contributed by atoms with Crippen LogP contribution in [0.5, 0.6) is 0 Å². The molecule has 3 aromatic rings. The summed E-state index contributed by atoms with van der Waals surface area (Å²) in [4.78, 5) is 25.6. The van der Waals surface area contributed by atoms with Crippen LogP contribution in [0.2, 0.25) is 5.02 Å². The second-order valence-electron chi connectivity index (χ2n) is 7.36. The average molecular weight is 426 g/mol. The molecule has 0 saturated heterocycles. The molecular formula is C20H19ClF3N3O2. The summed E-state index contributed by atoms with van der Waals surface area (Å²) in [5.41, 5.74) is -0.488. The zero-order valence-electron chi connectivity index (χ0n) is 16.0. The number of alkyl halides is 3. The quantitative estimate of drug-likeness (QED) is 0.680. The molecule has 154 valence electrons. The van der Waals surface area contributed by atoms with Crippen LogP contribution in [0, 0.1) is 0 Å². The van der Waals surface area contributed by atoms with Crippen LogP contribution in [0.25, 0.3) is 10.9 Å². The molecule has 0 saturated carbocycles. The molecule has 0 spiro atoms. The molecule has 1 amide bonds. The second-order valence-corrected chi connectivity index (χ2v) is 7.80. The van der Waals surface area contributed by atoms with E-state index in [1.165, 1.54) is 12.3 Å². The van der Waals surface area contributed by atoms with E-state index in [1.54, 1.807) is 49.7 Å². The molecule has 1 N–H and O–H groups in total. The summed E-state index contributed by atoms with van der Waals surface area (Å²) in [6.45, 7) is 2.14. The molecule has 0 bridgehead atoms. The highest BCUT2D eigenvalue weighted by atomic mass is 35.5. The Bertz CT molecular complexity index is 1130. The van der Waals surface area contributed by atoms with E-state index >= 15 is 0 Å². The van der Waals surface area contributed by atoms with Crippen LogP contribution in [0.15, 0.2) is 47.5 Å². The number of fused-ring (bicyclic) bond motifs is 1. The largest absolute Gasteiger partial charge is 0.406 e. The van der Waals surface area contributed by atoms with Gasteiger partial charge < -0.3 is 14.5 Å². The lowest BCUT2D eigenvalue weighted by atomic mass is 9.94. The Hall–Kier alpha value is -2.74. The van der Waals surface area contributed by atoms with Crippen molar-refractivity contribution < 1.29 is 18.0 Å². The van der Waals surface area contributed by atoms with Crippen LogP contribution in [0.4, 0.5) is 13.2 Å². The summed E-state index contributed by atoms with van der Waals surface area (Å²) < 4.78 is 40.4. The van der Waals surface area contributed by atoms with E-state index in [0.717, 1.165) is 11.8 Å². The first-order chi connectivity index (χ1) is 13.4. The van der Waals surface area contributed by atoms with Crippen LogP contribution in [-0.4, -0.2) is 21.2 Å². The van der Waals surface area contributed by atoms with Gasteiger partial charge >= 0.3 is 6.18 Å². The molecule has 0 radical (unpaired) electrons. The first kappa shape index (κ1) is 21.0. The monoisotopic (exact) mass is 425 g/mol. The van der Waals surface area contributed by atoms with Crippen LogP contribution in [0.3, 0.4) is 0 Å². The Kier molecular flexibility index (Phi) is 5.25. The maximum absolute atomic E-state index is 13.0. The van der Waals surface area contributed by atoms with Gasteiger partial charge in [0, 0.05) is 24.5 Å². The summed E-state index contributed by atoms with van der Waals surface area (Å²) in [7, 11) is 1.62. The number of carbonyl (C=O) groups excluding carboxylic acids is 1. The van der Waals surface area contributed by atoms with E-state index in [9.17, 15) is 22.8 Å². The fourth-order valence-corrected chi connectivity index (χ4v) is 3.35. The summed E-state index contributed by atoms with van der Waals surface area (Å²) in [6, 6.07) is 8.31. The SMILES string of the molecule is Cn1cc(C(=O)NC(C)(C)c2ccc(Cl)cc2)c2c(=O)n(CC(F)(F)F)ccc21. The number of carbonyl (C=O) groups is 1. The number of amides is 1. The number of aryl methyl sites for hydroxylation is 1. The topological polar surface area (TPSA) is 56.0 Å². The van der Waals surface area contributed by atoms with Gasteiger partial charge in [-0.15, -0.1) is 0 Å². The molecule has 1 aromatic carbocycles. The van der Waals surface area contributed by atoms with Crippen LogP contribution >= 0.6 is 11.6 Å². The van der Waals surface area contributed by atoms with E-state index in [2.05, 4.69) is 5.32 Å². The molecule has 2 heterocycles. The van der Waals surface area contributed by atoms with Crippen molar-refractivity contribution in [2.24, 2.45) is 7.05 Å². The molecule has 9 heteroatoms. The molecule has 29 heavy (non-hydrogen) atoms. The minimum atomic E-state index is -4.55. The van der Waals surface area contributed by atoms with Gasteiger partial charge in [0.25, 0.3) is 11.5 Å². The lowest BCUT2D eigenvalue weighted by Crippen LogP contribution is -2.41. The van der Waals surface area contributed by atoms with Crippen molar-refractivity contribution in [3.05, 3.63) is 69.2 Å². The number of pyridine rings is 1. The molecule has 0 aliphatic heterocycles. The number of halogens is 4. The molecule has 0 unspecified atom stereocenters. The lowest BCUT2D eigenvalue weighted by Gasteiger charge is -2.27. The predicted molar refractivity (Wildman–Crippen MR) is 105 cm³/mol. The molecule has 0 aliphatic rings. The Balaban J connectivity index is 2.02. The molecule has 0 atom stereocenters. The highest BCUT2D eigenvalue weighted by Gasteiger charge is 2.30. The molecule has 0 aliphatic carbocycles. The van der Waals surface area contributed by atoms with Crippen molar-refractivity contribution in [2.75, 3.05) is 0 Å². The first-order valence-electron chi connectivity index (χ1n) is 8.73. The Morgan fingerprint density at radius 2 is 1.76 bits per heavy atom. The maximum Gasteiger partial charge on any atom is 0.406 e. The van der Waals surface area contributed by atoms with Crippen LogP contribution in [0.1, 0.15) is 29.8 Å². The highest BCUT2D eigenvalue weighted by molar-refractivity contribution is 6.30. The van der Waals surface area contributed by atoms with Crippen molar-refractivity contribution in [1.29, 1.82) is 0 Å². The molecule has 2 aromatic heterocycles. The van der Waals surface area contributed by atoms with Gasteiger partial charge in [-0.1, -0.05) is 23.7 Å². The van der Waals surface area contributed by atoms with Crippen molar-refractivity contribution in [3.8, 4) is 0 Å². The first-order valence-corrected chi connectivity index (χ1v) is 9.10. The number of nitrogens with zero attached hydrogens (tertiary/aromatic N) is 2. The molecule has 5 nitrogen and oxygen atoms in total. The number of benzene rings is 1. The normalized spacial score (nSPS) is 12.4. The lowest BCUT2D eigenvalue weighted by molar-refractivity contribution is -0.141. The van der Waals surface area contributed by atoms with Crippen molar-refractivity contribution >= 4 is 28.4 Å². The van der Waals surface area contributed by atoms with Gasteiger partial charge in [0.1, 0.15) is 6.54 Å². The van der Waals surface area contributed by atoms with Gasteiger partial charge in [0.05, 0.1) is 22.0 Å². The summed E-state index contributed by atoms with van der Waals surface area (Å²) in [5.74, 6) is -0.558. The Labute approximate surface area is 169 Å². The summed E-state index contributed by atoms with van der Waals surface area (Å²) in [6.07, 6.45) is -2.03. The fourth-order valence-electron chi connectivity index (χ4n) is 3.22. The number of nitrogens with one attached hydrogen (secondary N) is 1. The smallest absolute Gasteiger partial charge is 0.350 e. The van der Waals surface area contributed by atoms with Crippen LogP contribution in [-0.2, 0) is 19.1 Å². The van der Waals surface area contributed by atoms with Gasteiger partial charge in [-0.25, -0.2) is 0 Å². The number of aromatic nitrogens is 2. The molecule has 0 fully saturated rings. The number of hydrogen-bond acceptors (Lipinski definition) is 2. The van der Waals surface area contributed by atoms with Crippen molar-refractivity contribution in [1.82, 2.24) is 14.5 Å². The van der Waals surface area contributed by atoms with Gasteiger partial charge in [-0.3, -0.25) is 9.59 Å². The fraction of sp³-hybridized carbons (Fsp3) is 0.300. The minimum absolute atomic E-state index is 0.0195. The third-order valence-electron chi connectivity index (χ3n) is 4.70. The Morgan fingerprint density at radius 3 is 2.34 bits per heavy atom. The van der Waals surface area contributed by atoms with E-state index in [1.807, 2.05) is 0 Å². The van der Waals surface area contributed by atoms with E-state index < -0.39 is 29.7 Å². The second kappa shape index (κ2) is 7.26. The minimum Gasteiger partial charge on any atom is -0.350 e. The third-order valence-corrected chi connectivity index (χ3v) is 4.95. The zero-order chi connectivity index (χ0) is 21.6. The number of hydrogen-bond donors (Lipinski definition) is 1. The third kappa shape index (κ3) is 4.32. The zero-order valence-corrected chi connectivity index (χ0v) is 16.7. The van der Waals surface area contributed by atoms with Gasteiger partial charge in [0.2, 0.25) is 0 Å². The summed E-state index contributed by atoms with van der Waals surface area (Å²) >= 11 is 5.90. The predicted octanol–water partition coefficient (Wildman–Crippen LogP) is 4.22. The Morgan fingerprint density at radius 1 is 1.14 bits per heavy atom. The molecular weight excluding hydrogens is 407 g/mol. The average Bonchev–Trinajstić information content (AvgIpc) is 2.94. The van der Waals surface area contributed by atoms with Crippen LogP contribution < -0.4 is 10.9 Å². The van der Waals surface area contributed by atoms with E-state index in [0.29, 0.717) is 15.1 Å². The molecule has 3 rings (SSSR count). The van der Waals surface area contributed by atoms with Crippen molar-refractivity contribution in [2.45, 2.75) is 32.1 Å². The standard InChI is InChI=1S/C20H19ClF3N3O2/c1-19(2,12-4-6-13(21)7-5-12)25-17(28)14-10-26(3)15-8-9-27(11-20(22,23)24)18(29)16(14)15/h4-10H,11H2,1-3H3,(H,25,28). The van der Waals surface area contributed by atoms with Crippen molar-refractivity contribution in [3.63, 3.8) is 0 Å². The van der Waals surface area contributed by atoms with Gasteiger partial charge in [-0.2, -0.15) is 13.2 Å². The van der Waals surface area contributed by atoms with Gasteiger partial charge in [-0.05, 0) is 37.6 Å².